The summed E-state index contributed by atoms with van der Waals surface area (Å²) in [5.41, 5.74) is 0. The second-order valence-electron chi connectivity index (χ2n) is 4.42. The first-order valence-electron chi connectivity index (χ1n) is 6.00. The standard InChI is InChI=1S/C12H14ClNO5S2/c1-7-14(10(6-20-7)12(15)16)21(17,18)8-3-4-11(19-2)9(13)5-8/h3-5,7,10H,6H2,1-2H3,(H,15,16). The number of aliphatic carboxylic acids is 1. The van der Waals surface area contributed by atoms with Crippen molar-refractivity contribution < 1.29 is 23.1 Å². The van der Waals surface area contributed by atoms with Gasteiger partial charge in [0.25, 0.3) is 0 Å². The number of sulfonamides is 1. The number of nitrogens with zero attached hydrogens (tertiary/aromatic N) is 1. The Morgan fingerprint density at radius 3 is 2.71 bits per heavy atom. The number of hydrogen-bond donors (Lipinski definition) is 1. The Balaban J connectivity index is 2.46. The Bertz CT molecular complexity index is 664. The van der Waals surface area contributed by atoms with E-state index in [1.807, 2.05) is 0 Å². The summed E-state index contributed by atoms with van der Waals surface area (Å²) in [6.45, 7) is 1.66. The quantitative estimate of drug-likeness (QED) is 0.891. The summed E-state index contributed by atoms with van der Waals surface area (Å²) >= 11 is 7.23. The number of benzene rings is 1. The maximum absolute atomic E-state index is 12.7. The average molecular weight is 352 g/mol. The number of hydrogen-bond acceptors (Lipinski definition) is 5. The number of carboxylic acids is 1. The molecule has 1 aromatic rings. The van der Waals surface area contributed by atoms with Crippen LogP contribution in [0.1, 0.15) is 6.92 Å². The summed E-state index contributed by atoms with van der Waals surface area (Å²) in [5, 5.41) is 8.89. The summed E-state index contributed by atoms with van der Waals surface area (Å²) in [7, 11) is -2.51. The van der Waals surface area contributed by atoms with Crippen molar-refractivity contribution in [1.82, 2.24) is 4.31 Å². The van der Waals surface area contributed by atoms with Gasteiger partial charge in [0.05, 0.1) is 22.4 Å². The SMILES string of the molecule is COc1ccc(S(=O)(=O)N2C(C)SCC2C(=O)O)cc1Cl. The molecule has 0 aliphatic carbocycles. The Hall–Kier alpha value is -0.960. The zero-order valence-corrected chi connectivity index (χ0v) is 13.7. The fourth-order valence-corrected chi connectivity index (χ4v) is 5.74. The summed E-state index contributed by atoms with van der Waals surface area (Å²) in [6, 6.07) is 2.99. The van der Waals surface area contributed by atoms with Crippen LogP contribution in [0.5, 0.6) is 5.75 Å². The Morgan fingerprint density at radius 2 is 2.19 bits per heavy atom. The highest BCUT2D eigenvalue weighted by atomic mass is 35.5. The molecule has 2 rings (SSSR count). The van der Waals surface area contributed by atoms with Crippen molar-refractivity contribution in [1.29, 1.82) is 0 Å². The van der Waals surface area contributed by atoms with Crippen LogP contribution in [-0.4, -0.2) is 48.1 Å². The molecular formula is C12H14ClNO5S2. The minimum Gasteiger partial charge on any atom is -0.495 e. The van der Waals surface area contributed by atoms with Gasteiger partial charge in [-0.05, 0) is 25.1 Å². The zero-order valence-electron chi connectivity index (χ0n) is 11.3. The second kappa shape index (κ2) is 6.04. The van der Waals surface area contributed by atoms with Crippen LogP contribution in [0.4, 0.5) is 0 Å². The fourth-order valence-electron chi connectivity index (χ4n) is 2.10. The van der Waals surface area contributed by atoms with Gasteiger partial charge in [0.15, 0.2) is 0 Å². The van der Waals surface area contributed by atoms with E-state index in [4.69, 9.17) is 16.3 Å². The van der Waals surface area contributed by atoms with Gasteiger partial charge in [-0.1, -0.05) is 11.6 Å². The highest BCUT2D eigenvalue weighted by Crippen LogP contribution is 2.36. The lowest BCUT2D eigenvalue weighted by atomic mass is 10.3. The molecule has 0 aromatic heterocycles. The first kappa shape index (κ1) is 16.4. The van der Waals surface area contributed by atoms with Crippen molar-refractivity contribution in [3.8, 4) is 5.75 Å². The van der Waals surface area contributed by atoms with E-state index in [0.717, 1.165) is 4.31 Å². The highest BCUT2D eigenvalue weighted by molar-refractivity contribution is 8.01. The van der Waals surface area contributed by atoms with Gasteiger partial charge in [0, 0.05) is 5.75 Å². The van der Waals surface area contributed by atoms with Gasteiger partial charge in [-0.15, -0.1) is 11.8 Å². The van der Waals surface area contributed by atoms with Crippen LogP contribution >= 0.6 is 23.4 Å². The van der Waals surface area contributed by atoms with Crippen LogP contribution in [0.3, 0.4) is 0 Å². The maximum atomic E-state index is 12.7. The van der Waals surface area contributed by atoms with E-state index in [2.05, 4.69) is 0 Å². The predicted molar refractivity (Wildman–Crippen MR) is 80.4 cm³/mol. The predicted octanol–water partition coefficient (Wildman–Crippen LogP) is 1.89. The Morgan fingerprint density at radius 1 is 1.52 bits per heavy atom. The van der Waals surface area contributed by atoms with Gasteiger partial charge in [0.2, 0.25) is 10.0 Å². The first-order chi connectivity index (χ1) is 9.78. The molecule has 1 aliphatic rings. The van der Waals surface area contributed by atoms with Crippen molar-refractivity contribution in [3.05, 3.63) is 23.2 Å². The molecule has 1 saturated heterocycles. The van der Waals surface area contributed by atoms with Crippen LogP contribution in [0, 0.1) is 0 Å². The van der Waals surface area contributed by atoms with Gasteiger partial charge >= 0.3 is 5.97 Å². The number of carboxylic acid groups (broad SMARTS) is 1. The molecule has 1 aliphatic heterocycles. The summed E-state index contributed by atoms with van der Waals surface area (Å²) < 4.78 is 31.3. The molecule has 0 amide bonds. The van der Waals surface area contributed by atoms with Crippen LogP contribution in [0.25, 0.3) is 0 Å². The number of carbonyl (C=O) groups is 1. The molecule has 116 valence electrons. The lowest BCUT2D eigenvalue weighted by Gasteiger charge is -2.24. The van der Waals surface area contributed by atoms with Gasteiger partial charge in [-0.2, -0.15) is 4.31 Å². The molecule has 1 aromatic carbocycles. The topological polar surface area (TPSA) is 83.9 Å². The average Bonchev–Trinajstić information content (AvgIpc) is 2.81. The third-order valence-electron chi connectivity index (χ3n) is 3.14. The van der Waals surface area contributed by atoms with E-state index in [9.17, 15) is 18.3 Å². The van der Waals surface area contributed by atoms with E-state index in [1.54, 1.807) is 6.92 Å². The van der Waals surface area contributed by atoms with E-state index >= 15 is 0 Å². The smallest absolute Gasteiger partial charge is 0.322 e. The molecular weight excluding hydrogens is 338 g/mol. The number of ether oxygens (including phenoxy) is 1. The van der Waals surface area contributed by atoms with Gasteiger partial charge in [-0.25, -0.2) is 8.42 Å². The molecule has 0 saturated carbocycles. The summed E-state index contributed by atoms with van der Waals surface area (Å²) in [4.78, 5) is 11.2. The first-order valence-corrected chi connectivity index (χ1v) is 8.87. The van der Waals surface area contributed by atoms with E-state index < -0.39 is 27.4 Å². The number of rotatable bonds is 4. The molecule has 6 nitrogen and oxygen atoms in total. The third-order valence-corrected chi connectivity index (χ3v) is 6.77. The molecule has 2 unspecified atom stereocenters. The third kappa shape index (κ3) is 2.98. The lowest BCUT2D eigenvalue weighted by Crippen LogP contribution is -2.44. The van der Waals surface area contributed by atoms with Gasteiger partial charge in [0.1, 0.15) is 11.8 Å². The van der Waals surface area contributed by atoms with Gasteiger partial charge in [-0.3, -0.25) is 4.79 Å². The molecule has 2 atom stereocenters. The largest absolute Gasteiger partial charge is 0.495 e. The summed E-state index contributed by atoms with van der Waals surface area (Å²) in [5.74, 6) is -0.580. The fraction of sp³-hybridized carbons (Fsp3) is 0.417. The van der Waals surface area contributed by atoms with E-state index in [-0.39, 0.29) is 15.7 Å². The Kier molecular flexibility index (Phi) is 4.72. The number of halogens is 1. The molecule has 1 heterocycles. The van der Waals surface area contributed by atoms with Crippen molar-refractivity contribution in [2.24, 2.45) is 0 Å². The monoisotopic (exact) mass is 351 g/mol. The summed E-state index contributed by atoms with van der Waals surface area (Å²) in [6.07, 6.45) is 0. The van der Waals surface area contributed by atoms with Crippen molar-refractivity contribution >= 4 is 39.4 Å². The lowest BCUT2D eigenvalue weighted by molar-refractivity contribution is -0.140. The van der Waals surface area contributed by atoms with Crippen molar-refractivity contribution in [2.75, 3.05) is 12.9 Å². The molecule has 1 N–H and O–H groups in total. The van der Waals surface area contributed by atoms with E-state index in [0.29, 0.717) is 5.75 Å². The molecule has 0 bridgehead atoms. The maximum Gasteiger partial charge on any atom is 0.322 e. The van der Waals surface area contributed by atoms with Crippen molar-refractivity contribution in [3.63, 3.8) is 0 Å². The molecule has 0 radical (unpaired) electrons. The molecule has 21 heavy (non-hydrogen) atoms. The number of thioether (sulfide) groups is 1. The van der Waals surface area contributed by atoms with Gasteiger partial charge < -0.3 is 9.84 Å². The molecule has 9 heteroatoms. The molecule has 0 spiro atoms. The highest BCUT2D eigenvalue weighted by Gasteiger charge is 2.44. The Labute approximate surface area is 132 Å². The molecule has 1 fully saturated rings. The minimum atomic E-state index is -3.94. The van der Waals surface area contributed by atoms with Crippen LogP contribution in [0.15, 0.2) is 23.1 Å². The van der Waals surface area contributed by atoms with Crippen LogP contribution in [0.2, 0.25) is 5.02 Å². The minimum absolute atomic E-state index is 0.0473. The second-order valence-corrected chi connectivity index (χ2v) is 8.02. The normalized spacial score (nSPS) is 23.2. The van der Waals surface area contributed by atoms with E-state index in [1.165, 1.54) is 37.1 Å². The number of methoxy groups -OCH3 is 1. The van der Waals surface area contributed by atoms with Crippen molar-refractivity contribution in [2.45, 2.75) is 23.2 Å². The zero-order chi connectivity index (χ0) is 15.8. The van der Waals surface area contributed by atoms with Crippen LogP contribution in [-0.2, 0) is 14.8 Å². The van der Waals surface area contributed by atoms with Crippen LogP contribution < -0.4 is 4.74 Å².